The Morgan fingerprint density at radius 3 is 2.00 bits per heavy atom. The van der Waals surface area contributed by atoms with Crippen LogP contribution in [0.15, 0.2) is 97.1 Å². The predicted octanol–water partition coefficient (Wildman–Crippen LogP) is 10.4. The summed E-state index contributed by atoms with van der Waals surface area (Å²) in [4.78, 5) is 55.8. The van der Waals surface area contributed by atoms with Crippen molar-refractivity contribution in [3.63, 3.8) is 0 Å². The molecule has 3 aromatic carbocycles. The number of benzene rings is 3. The van der Waals surface area contributed by atoms with E-state index in [4.69, 9.17) is 33.8 Å². The van der Waals surface area contributed by atoms with Gasteiger partial charge in [-0.15, -0.1) is 6.58 Å². The molecule has 13 heteroatoms. The Balaban J connectivity index is 1.02. The summed E-state index contributed by atoms with van der Waals surface area (Å²) < 4.78 is 29.5. The molecule has 0 atom stereocenters. The topological polar surface area (TPSA) is 143 Å². The molecule has 0 radical (unpaired) electrons. The minimum absolute atomic E-state index is 0.171. The standard InChI is InChI=1S/C49H57N3O9S/c1-4-6-29-52(49-51-42-13-9-10-14-44(42)62-49)50-33-38-32-41(27-28-43(38)61-48(56)35-17-15-34(3)16-18-35)60-47(55)37-21-19-36(20-22-37)46(54)59-40-25-23-39(24-26-40)57-30-11-7-8-12-31-58-45(53)5-2/h4-5,9-10,13-14,23-28,32-37H,1-2,6-8,11-12,15-22,29-31H2,3H3/b50-33+. The number of ether oxygens (including phenoxy) is 5. The second kappa shape index (κ2) is 23.4. The third-order valence-corrected chi connectivity index (χ3v) is 12.3. The van der Waals surface area contributed by atoms with Gasteiger partial charge in [-0.05, 0) is 144 Å². The van der Waals surface area contributed by atoms with Gasteiger partial charge in [0.2, 0.25) is 5.13 Å². The molecule has 0 amide bonds. The monoisotopic (exact) mass is 863 g/mol. The van der Waals surface area contributed by atoms with Gasteiger partial charge < -0.3 is 23.7 Å². The number of unbranched alkanes of at least 4 members (excludes halogenated alkanes) is 3. The van der Waals surface area contributed by atoms with E-state index in [0.717, 1.165) is 67.7 Å². The van der Waals surface area contributed by atoms with Crippen molar-refractivity contribution in [2.75, 3.05) is 24.8 Å². The lowest BCUT2D eigenvalue weighted by molar-refractivity contribution is -0.145. The Morgan fingerprint density at radius 2 is 1.34 bits per heavy atom. The van der Waals surface area contributed by atoms with Gasteiger partial charge in [0.15, 0.2) is 0 Å². The number of aromatic nitrogens is 1. The molecule has 0 spiro atoms. The van der Waals surface area contributed by atoms with Crippen LogP contribution in [0.3, 0.4) is 0 Å². The van der Waals surface area contributed by atoms with Gasteiger partial charge in [0.1, 0.15) is 23.0 Å². The lowest BCUT2D eigenvalue weighted by Gasteiger charge is -2.26. The van der Waals surface area contributed by atoms with E-state index in [0.29, 0.717) is 91.5 Å². The largest absolute Gasteiger partial charge is 0.494 e. The number of fused-ring (bicyclic) bond motifs is 1. The van der Waals surface area contributed by atoms with Crippen molar-refractivity contribution in [1.29, 1.82) is 0 Å². The van der Waals surface area contributed by atoms with Gasteiger partial charge in [0.25, 0.3) is 0 Å². The highest BCUT2D eigenvalue weighted by Gasteiger charge is 2.33. The Morgan fingerprint density at radius 1 is 0.742 bits per heavy atom. The molecular formula is C49H57N3O9S. The van der Waals surface area contributed by atoms with Crippen LogP contribution in [0.25, 0.3) is 10.2 Å². The van der Waals surface area contributed by atoms with Crippen LogP contribution in [-0.2, 0) is 23.9 Å². The summed E-state index contributed by atoms with van der Waals surface area (Å²) in [5.41, 5.74) is 1.36. The molecule has 328 valence electrons. The summed E-state index contributed by atoms with van der Waals surface area (Å²) in [6, 6.07) is 19.8. The van der Waals surface area contributed by atoms with Crippen molar-refractivity contribution in [1.82, 2.24) is 4.98 Å². The highest BCUT2D eigenvalue weighted by atomic mass is 32.1. The minimum Gasteiger partial charge on any atom is -0.494 e. The Bertz CT molecular complexity index is 2140. The molecule has 1 aromatic heterocycles. The molecule has 6 rings (SSSR count). The van der Waals surface area contributed by atoms with Crippen LogP contribution >= 0.6 is 11.3 Å². The molecular weight excluding hydrogens is 807 g/mol. The van der Waals surface area contributed by atoms with Crippen LogP contribution in [-0.4, -0.2) is 54.8 Å². The molecule has 62 heavy (non-hydrogen) atoms. The fraction of sp³-hybridized carbons (Fsp3) is 0.429. The molecule has 0 bridgehead atoms. The van der Waals surface area contributed by atoms with Crippen molar-refractivity contribution < 1.29 is 42.9 Å². The van der Waals surface area contributed by atoms with E-state index in [1.807, 2.05) is 30.3 Å². The number of carbonyl (C=O) groups excluding carboxylic acids is 4. The first-order valence-corrected chi connectivity index (χ1v) is 22.6. The molecule has 2 saturated carbocycles. The highest BCUT2D eigenvalue weighted by Crippen LogP contribution is 2.35. The van der Waals surface area contributed by atoms with Crippen molar-refractivity contribution in [3.05, 3.63) is 97.6 Å². The summed E-state index contributed by atoms with van der Waals surface area (Å²) in [6.45, 7) is 10.9. The molecule has 0 unspecified atom stereocenters. The first kappa shape index (κ1) is 45.7. The lowest BCUT2D eigenvalue weighted by Crippen LogP contribution is -2.30. The third-order valence-electron chi connectivity index (χ3n) is 11.3. The van der Waals surface area contributed by atoms with E-state index in [1.54, 1.807) is 53.7 Å². The van der Waals surface area contributed by atoms with E-state index in [2.05, 4.69) is 20.1 Å². The van der Waals surface area contributed by atoms with Crippen molar-refractivity contribution in [2.24, 2.45) is 28.8 Å². The Labute approximate surface area is 367 Å². The number of hydrazone groups is 1. The molecule has 0 saturated heterocycles. The van der Waals surface area contributed by atoms with Gasteiger partial charge in [0.05, 0.1) is 47.4 Å². The van der Waals surface area contributed by atoms with E-state index >= 15 is 0 Å². The first-order valence-electron chi connectivity index (χ1n) is 21.8. The van der Waals surface area contributed by atoms with E-state index < -0.39 is 5.97 Å². The van der Waals surface area contributed by atoms with Crippen molar-refractivity contribution in [2.45, 2.75) is 90.4 Å². The van der Waals surface area contributed by atoms with Crippen molar-refractivity contribution >= 4 is 56.8 Å². The van der Waals surface area contributed by atoms with Gasteiger partial charge in [0, 0.05) is 18.2 Å². The third kappa shape index (κ3) is 13.6. The number of esters is 4. The summed E-state index contributed by atoms with van der Waals surface area (Å²) in [7, 11) is 0. The first-order chi connectivity index (χ1) is 30.2. The maximum atomic E-state index is 13.5. The lowest BCUT2D eigenvalue weighted by atomic mass is 9.82. The maximum Gasteiger partial charge on any atom is 0.330 e. The maximum absolute atomic E-state index is 13.5. The summed E-state index contributed by atoms with van der Waals surface area (Å²) in [5.74, 6) is 0.0765. The predicted molar refractivity (Wildman–Crippen MR) is 241 cm³/mol. The van der Waals surface area contributed by atoms with E-state index in [9.17, 15) is 19.2 Å². The van der Waals surface area contributed by atoms with Crippen LogP contribution in [0, 0.1) is 23.7 Å². The normalized spacial score (nSPS) is 18.7. The average molecular weight is 864 g/mol. The van der Waals surface area contributed by atoms with Gasteiger partial charge in [-0.3, -0.25) is 14.4 Å². The number of anilines is 1. The second-order valence-electron chi connectivity index (χ2n) is 16.0. The van der Waals surface area contributed by atoms with Crippen LogP contribution < -0.4 is 24.0 Å². The molecule has 0 aliphatic heterocycles. The van der Waals surface area contributed by atoms with Crippen LogP contribution in [0.5, 0.6) is 23.0 Å². The molecule has 12 nitrogen and oxygen atoms in total. The summed E-state index contributed by atoms with van der Waals surface area (Å²) >= 11 is 1.53. The minimum atomic E-state index is -0.403. The van der Waals surface area contributed by atoms with E-state index in [1.165, 1.54) is 11.3 Å². The Hall–Kier alpha value is -5.82. The zero-order valence-corrected chi connectivity index (χ0v) is 36.4. The number of carbonyl (C=O) groups is 4. The van der Waals surface area contributed by atoms with E-state index in [-0.39, 0.29) is 35.7 Å². The van der Waals surface area contributed by atoms with Crippen LogP contribution in [0.4, 0.5) is 5.13 Å². The number of hydrogen-bond donors (Lipinski definition) is 0. The van der Waals surface area contributed by atoms with Gasteiger partial charge in [-0.1, -0.05) is 43.0 Å². The molecule has 1 heterocycles. The number of thiazole rings is 1. The zero-order valence-electron chi connectivity index (χ0n) is 35.5. The van der Waals surface area contributed by atoms with Gasteiger partial charge in [-0.2, -0.15) is 5.10 Å². The smallest absolute Gasteiger partial charge is 0.330 e. The molecule has 2 aliphatic carbocycles. The zero-order chi connectivity index (χ0) is 43.7. The number of para-hydroxylation sites is 1. The highest BCUT2D eigenvalue weighted by molar-refractivity contribution is 7.22. The molecule has 2 fully saturated rings. The SMILES string of the molecule is C=CCCN(/N=C/c1cc(OC(=O)C2CCC(C(=O)Oc3ccc(OCCCCCCOC(=O)C=C)cc3)CC2)ccc1OC(=O)C1CCC(C)CC1)c1nc2ccccc2s1. The Kier molecular flexibility index (Phi) is 17.3. The molecule has 0 N–H and O–H groups in total. The number of hydrogen-bond acceptors (Lipinski definition) is 13. The van der Waals surface area contributed by atoms with Crippen LogP contribution in [0.2, 0.25) is 0 Å². The number of rotatable bonds is 21. The molecule has 2 aliphatic rings. The van der Waals surface area contributed by atoms with Gasteiger partial charge in [-0.25, -0.2) is 14.8 Å². The summed E-state index contributed by atoms with van der Waals surface area (Å²) in [5, 5.41) is 7.32. The van der Waals surface area contributed by atoms with Gasteiger partial charge >= 0.3 is 23.9 Å². The quantitative estimate of drug-likeness (QED) is 0.0150. The summed E-state index contributed by atoms with van der Waals surface area (Å²) in [6.07, 6.45) is 14.3. The average Bonchev–Trinajstić information content (AvgIpc) is 3.73. The van der Waals surface area contributed by atoms with Crippen molar-refractivity contribution in [3.8, 4) is 23.0 Å². The second-order valence-corrected chi connectivity index (χ2v) is 17.0. The number of nitrogens with zero attached hydrogens (tertiary/aromatic N) is 3. The molecule has 4 aromatic rings. The fourth-order valence-corrected chi connectivity index (χ4v) is 8.49. The fourth-order valence-electron chi connectivity index (χ4n) is 7.54. The van der Waals surface area contributed by atoms with Crippen LogP contribution in [0.1, 0.15) is 96.0 Å².